The molecule has 1 aromatic carbocycles. The van der Waals surface area contributed by atoms with Gasteiger partial charge in [0.15, 0.2) is 9.84 Å². The molecule has 112 valence electrons. The Labute approximate surface area is 128 Å². The Morgan fingerprint density at radius 1 is 1.29 bits per heavy atom. The molecule has 5 nitrogen and oxygen atoms in total. The van der Waals surface area contributed by atoms with Gasteiger partial charge in [0.05, 0.1) is 22.0 Å². The van der Waals surface area contributed by atoms with Crippen molar-refractivity contribution in [1.29, 1.82) is 0 Å². The van der Waals surface area contributed by atoms with Gasteiger partial charge in [-0.2, -0.15) is 0 Å². The van der Waals surface area contributed by atoms with Gasteiger partial charge in [-0.05, 0) is 31.2 Å². The van der Waals surface area contributed by atoms with Gasteiger partial charge in [0.2, 0.25) is 5.91 Å². The van der Waals surface area contributed by atoms with Gasteiger partial charge in [0.1, 0.15) is 0 Å². The largest absolute Gasteiger partial charge is 0.315 e. The molecule has 7 heteroatoms. The summed E-state index contributed by atoms with van der Waals surface area (Å²) in [7, 11) is -1.56. The molecule has 0 fully saturated rings. The fourth-order valence-electron chi connectivity index (χ4n) is 1.82. The molecule has 0 saturated heterocycles. The highest BCUT2D eigenvalue weighted by atomic mass is 32.2. The van der Waals surface area contributed by atoms with Gasteiger partial charge >= 0.3 is 0 Å². The Morgan fingerprint density at radius 2 is 1.90 bits per heavy atom. The lowest BCUT2D eigenvalue weighted by Crippen LogP contribution is -2.27. The number of amides is 1. The Kier molecular flexibility index (Phi) is 4.43. The lowest BCUT2D eigenvalue weighted by Gasteiger charge is -2.17. The number of rotatable bonds is 4. The van der Waals surface area contributed by atoms with Crippen molar-refractivity contribution in [1.82, 2.24) is 4.98 Å². The zero-order valence-electron chi connectivity index (χ0n) is 12.0. The number of nitrogens with zero attached hydrogens (tertiary/aromatic N) is 2. The van der Waals surface area contributed by atoms with Crippen molar-refractivity contribution in [3.8, 4) is 0 Å². The number of carbonyl (C=O) groups is 1. The minimum absolute atomic E-state index is 0.0904. The van der Waals surface area contributed by atoms with E-state index in [1.807, 2.05) is 12.3 Å². The van der Waals surface area contributed by atoms with Crippen LogP contribution in [-0.2, 0) is 21.1 Å². The van der Waals surface area contributed by atoms with E-state index in [4.69, 9.17) is 0 Å². The summed E-state index contributed by atoms with van der Waals surface area (Å²) in [6, 6.07) is 6.25. The number of anilines is 1. The highest BCUT2D eigenvalue weighted by Crippen LogP contribution is 2.18. The molecule has 1 amide bonds. The zero-order chi connectivity index (χ0) is 15.6. The summed E-state index contributed by atoms with van der Waals surface area (Å²) >= 11 is 1.51. The maximum atomic E-state index is 12.2. The number of likely N-dealkylation sites (N-methyl/N-ethyl adjacent to an activating group) is 1. The molecule has 0 saturated carbocycles. The molecular weight excluding hydrogens is 308 g/mol. The Hall–Kier alpha value is -1.73. The number of aromatic nitrogens is 1. The molecule has 1 heterocycles. The maximum absolute atomic E-state index is 12.2. The minimum Gasteiger partial charge on any atom is -0.315 e. The number of hydrogen-bond donors (Lipinski definition) is 0. The molecule has 0 bridgehead atoms. The first-order valence-corrected chi connectivity index (χ1v) is 9.02. The van der Waals surface area contributed by atoms with Crippen LogP contribution in [0.2, 0.25) is 0 Å². The van der Waals surface area contributed by atoms with E-state index in [2.05, 4.69) is 4.98 Å². The van der Waals surface area contributed by atoms with Crippen LogP contribution in [0.3, 0.4) is 0 Å². The smallest absolute Gasteiger partial charge is 0.232 e. The van der Waals surface area contributed by atoms with Crippen molar-refractivity contribution in [3.63, 3.8) is 0 Å². The van der Waals surface area contributed by atoms with E-state index in [9.17, 15) is 13.2 Å². The van der Waals surface area contributed by atoms with Crippen molar-refractivity contribution in [2.45, 2.75) is 18.2 Å². The Balaban J connectivity index is 2.12. The van der Waals surface area contributed by atoms with Gasteiger partial charge in [-0.3, -0.25) is 4.79 Å². The van der Waals surface area contributed by atoms with Gasteiger partial charge in [-0.25, -0.2) is 13.4 Å². The van der Waals surface area contributed by atoms with Crippen LogP contribution in [0.4, 0.5) is 5.69 Å². The van der Waals surface area contributed by atoms with E-state index in [0.29, 0.717) is 5.69 Å². The normalized spacial score (nSPS) is 11.4. The van der Waals surface area contributed by atoms with Crippen LogP contribution < -0.4 is 4.90 Å². The van der Waals surface area contributed by atoms with E-state index in [-0.39, 0.29) is 17.2 Å². The van der Waals surface area contributed by atoms with Gasteiger partial charge in [-0.1, -0.05) is 0 Å². The third-order valence-electron chi connectivity index (χ3n) is 3.03. The highest BCUT2D eigenvalue weighted by Gasteiger charge is 2.14. The van der Waals surface area contributed by atoms with E-state index in [1.54, 1.807) is 19.2 Å². The van der Waals surface area contributed by atoms with Crippen LogP contribution in [0.25, 0.3) is 0 Å². The fraction of sp³-hybridized carbons (Fsp3) is 0.286. The SMILES string of the molecule is Cc1nc(CC(=O)N(C)c2ccc(S(C)(=O)=O)cc2)cs1. The molecular formula is C14H16N2O3S2. The Bertz CT molecular complexity index is 749. The number of aryl methyl sites for hydroxylation is 1. The van der Waals surface area contributed by atoms with E-state index in [0.717, 1.165) is 17.0 Å². The summed E-state index contributed by atoms with van der Waals surface area (Å²) < 4.78 is 22.8. The Morgan fingerprint density at radius 3 is 2.38 bits per heavy atom. The van der Waals surface area contributed by atoms with Gasteiger partial charge in [0, 0.05) is 24.4 Å². The van der Waals surface area contributed by atoms with Crippen molar-refractivity contribution >= 4 is 32.8 Å². The lowest BCUT2D eigenvalue weighted by molar-refractivity contribution is -0.117. The second kappa shape index (κ2) is 5.95. The second-order valence-electron chi connectivity index (χ2n) is 4.75. The standard InChI is InChI=1S/C14H16N2O3S2/c1-10-15-11(9-20-10)8-14(17)16(2)12-4-6-13(7-5-12)21(3,18)19/h4-7,9H,8H2,1-3H3. The summed E-state index contributed by atoms with van der Waals surface area (Å²) in [6.45, 7) is 1.90. The summed E-state index contributed by atoms with van der Waals surface area (Å²) in [4.78, 5) is 18.2. The predicted molar refractivity (Wildman–Crippen MR) is 83.5 cm³/mol. The highest BCUT2D eigenvalue weighted by molar-refractivity contribution is 7.90. The summed E-state index contributed by atoms with van der Waals surface area (Å²) in [5.41, 5.74) is 1.40. The van der Waals surface area contributed by atoms with E-state index in [1.165, 1.54) is 28.4 Å². The first-order valence-electron chi connectivity index (χ1n) is 6.25. The van der Waals surface area contributed by atoms with E-state index >= 15 is 0 Å². The lowest BCUT2D eigenvalue weighted by atomic mass is 10.2. The van der Waals surface area contributed by atoms with Gasteiger partial charge in [0.25, 0.3) is 0 Å². The van der Waals surface area contributed by atoms with Crippen molar-refractivity contribution in [2.75, 3.05) is 18.2 Å². The number of carbonyl (C=O) groups excluding carboxylic acids is 1. The average Bonchev–Trinajstić information content (AvgIpc) is 2.82. The molecule has 0 N–H and O–H groups in total. The van der Waals surface area contributed by atoms with Crippen LogP contribution >= 0.6 is 11.3 Å². The van der Waals surface area contributed by atoms with Crippen LogP contribution in [0.5, 0.6) is 0 Å². The second-order valence-corrected chi connectivity index (χ2v) is 7.83. The number of hydrogen-bond acceptors (Lipinski definition) is 5. The maximum Gasteiger partial charge on any atom is 0.232 e. The first kappa shape index (κ1) is 15.7. The van der Waals surface area contributed by atoms with E-state index < -0.39 is 9.84 Å². The van der Waals surface area contributed by atoms with Crippen molar-refractivity contribution in [2.24, 2.45) is 0 Å². The topological polar surface area (TPSA) is 67.3 Å². The molecule has 0 atom stereocenters. The number of thiazole rings is 1. The third kappa shape index (κ3) is 3.89. The minimum atomic E-state index is -3.22. The number of benzene rings is 1. The molecule has 21 heavy (non-hydrogen) atoms. The monoisotopic (exact) mass is 324 g/mol. The molecule has 0 spiro atoms. The van der Waals surface area contributed by atoms with Gasteiger partial charge in [-0.15, -0.1) is 11.3 Å². The zero-order valence-corrected chi connectivity index (χ0v) is 13.7. The number of sulfone groups is 1. The first-order chi connectivity index (χ1) is 9.77. The fourth-order valence-corrected chi connectivity index (χ4v) is 3.07. The van der Waals surface area contributed by atoms with Crippen LogP contribution in [0.1, 0.15) is 10.7 Å². The molecule has 0 aliphatic rings. The molecule has 2 aromatic rings. The van der Waals surface area contributed by atoms with Gasteiger partial charge < -0.3 is 4.90 Å². The average molecular weight is 324 g/mol. The summed E-state index contributed by atoms with van der Waals surface area (Å²) in [5, 5.41) is 2.80. The van der Waals surface area contributed by atoms with Crippen LogP contribution in [0, 0.1) is 6.92 Å². The summed E-state index contributed by atoms with van der Waals surface area (Å²) in [5.74, 6) is -0.0904. The molecule has 0 aliphatic heterocycles. The predicted octanol–water partition coefficient (Wildman–Crippen LogP) is 2.06. The third-order valence-corrected chi connectivity index (χ3v) is 4.98. The van der Waals surface area contributed by atoms with Crippen LogP contribution in [-0.4, -0.2) is 32.6 Å². The molecule has 0 radical (unpaired) electrons. The quantitative estimate of drug-likeness (QED) is 0.863. The molecule has 0 aliphatic carbocycles. The van der Waals surface area contributed by atoms with Crippen LogP contribution in [0.15, 0.2) is 34.5 Å². The molecule has 0 unspecified atom stereocenters. The molecule has 2 rings (SSSR count). The van der Waals surface area contributed by atoms with Crippen molar-refractivity contribution in [3.05, 3.63) is 40.3 Å². The van der Waals surface area contributed by atoms with Crippen molar-refractivity contribution < 1.29 is 13.2 Å². The summed E-state index contributed by atoms with van der Waals surface area (Å²) in [6.07, 6.45) is 1.39. The molecule has 1 aromatic heterocycles.